The number of carbonyl (C=O) groups is 1. The second-order valence-electron chi connectivity index (χ2n) is 7.98. The molecule has 2 N–H and O–H groups in total. The van der Waals surface area contributed by atoms with Crippen LogP contribution in [0.3, 0.4) is 0 Å². The summed E-state index contributed by atoms with van der Waals surface area (Å²) >= 11 is 1.74. The van der Waals surface area contributed by atoms with Crippen LogP contribution in [-0.4, -0.2) is 54.5 Å². The number of guanidine groups is 1. The molecule has 1 atom stereocenters. The van der Waals surface area contributed by atoms with Gasteiger partial charge in [-0.05, 0) is 19.3 Å². The molecular weight excluding hydrogens is 358 g/mol. The average Bonchev–Trinajstić information content (AvgIpc) is 3.41. The number of nitrogens with one attached hydrogen (secondary N) is 2. The van der Waals surface area contributed by atoms with Crippen LogP contribution in [-0.2, 0) is 11.2 Å². The monoisotopic (exact) mass is 391 g/mol. The Bertz CT molecular complexity index is 651. The molecule has 0 aromatic carbocycles. The highest BCUT2D eigenvalue weighted by molar-refractivity contribution is 7.09. The van der Waals surface area contributed by atoms with Crippen LogP contribution in [0.4, 0.5) is 0 Å². The molecule has 1 unspecified atom stereocenters. The van der Waals surface area contributed by atoms with Crippen LogP contribution in [0.1, 0.15) is 62.6 Å². The van der Waals surface area contributed by atoms with Crippen molar-refractivity contribution in [2.24, 2.45) is 10.9 Å². The summed E-state index contributed by atoms with van der Waals surface area (Å²) in [6.45, 7) is 6.81. The smallest absolute Gasteiger partial charge is 0.225 e. The van der Waals surface area contributed by atoms with Crippen molar-refractivity contribution in [2.45, 2.75) is 64.3 Å². The van der Waals surface area contributed by atoms with Gasteiger partial charge in [0.25, 0.3) is 0 Å². The quantitative estimate of drug-likeness (QED) is 0.578. The van der Waals surface area contributed by atoms with Crippen LogP contribution in [0.15, 0.2) is 10.4 Å². The van der Waals surface area contributed by atoms with Crippen molar-refractivity contribution in [1.82, 2.24) is 20.5 Å². The lowest BCUT2D eigenvalue weighted by atomic mass is 10.1. The molecule has 0 spiro atoms. The van der Waals surface area contributed by atoms with Gasteiger partial charge in [0.2, 0.25) is 5.91 Å². The maximum atomic E-state index is 12.6. The molecule has 1 saturated heterocycles. The highest BCUT2D eigenvalue weighted by atomic mass is 32.1. The van der Waals surface area contributed by atoms with Crippen molar-refractivity contribution in [3.63, 3.8) is 0 Å². The van der Waals surface area contributed by atoms with E-state index in [1.807, 2.05) is 4.90 Å². The van der Waals surface area contributed by atoms with Gasteiger partial charge in [0.1, 0.15) is 0 Å². The molecular formula is C20H33N5OS. The maximum Gasteiger partial charge on any atom is 0.225 e. The molecule has 1 aliphatic carbocycles. The first kappa shape index (κ1) is 20.1. The van der Waals surface area contributed by atoms with Crippen LogP contribution >= 0.6 is 11.3 Å². The number of aromatic nitrogens is 1. The number of likely N-dealkylation sites (tertiary alicyclic amines) is 1. The number of hydrogen-bond donors (Lipinski definition) is 2. The predicted octanol–water partition coefficient (Wildman–Crippen LogP) is 2.77. The van der Waals surface area contributed by atoms with E-state index in [4.69, 9.17) is 0 Å². The minimum Gasteiger partial charge on any atom is -0.356 e. The summed E-state index contributed by atoms with van der Waals surface area (Å²) in [5, 5.41) is 10.2. The molecule has 0 radical (unpaired) electrons. The van der Waals surface area contributed by atoms with E-state index in [2.05, 4.69) is 39.8 Å². The highest BCUT2D eigenvalue weighted by Crippen LogP contribution is 2.27. The van der Waals surface area contributed by atoms with Gasteiger partial charge in [0.15, 0.2) is 5.96 Å². The van der Waals surface area contributed by atoms with E-state index >= 15 is 0 Å². The zero-order valence-electron chi connectivity index (χ0n) is 16.8. The van der Waals surface area contributed by atoms with Gasteiger partial charge in [0.05, 0.1) is 10.7 Å². The van der Waals surface area contributed by atoms with Crippen LogP contribution in [0, 0.1) is 5.92 Å². The standard InChI is InChI=1S/C20H33N5OS/c1-14(2)18-23-17(13-27-18)8-10-22-20(21-3)24-16-9-11-25(12-16)19(26)15-6-4-5-7-15/h13-16H,4-12H2,1-3H3,(H2,21,22,24). The Kier molecular flexibility index (Phi) is 7.10. The van der Waals surface area contributed by atoms with Crippen molar-refractivity contribution in [3.8, 4) is 0 Å². The lowest BCUT2D eigenvalue weighted by Crippen LogP contribution is -2.45. The molecule has 7 heteroatoms. The fraction of sp³-hybridized carbons (Fsp3) is 0.750. The molecule has 27 heavy (non-hydrogen) atoms. The second kappa shape index (κ2) is 9.53. The van der Waals surface area contributed by atoms with Gasteiger partial charge in [-0.3, -0.25) is 9.79 Å². The predicted molar refractivity (Wildman–Crippen MR) is 111 cm³/mol. The third kappa shape index (κ3) is 5.43. The zero-order chi connectivity index (χ0) is 19.2. The fourth-order valence-electron chi connectivity index (χ4n) is 3.91. The molecule has 6 nitrogen and oxygen atoms in total. The minimum absolute atomic E-state index is 0.273. The molecule has 1 aromatic rings. The van der Waals surface area contributed by atoms with E-state index < -0.39 is 0 Å². The Morgan fingerprint density at radius 3 is 2.81 bits per heavy atom. The number of carbonyl (C=O) groups excluding carboxylic acids is 1. The van der Waals surface area contributed by atoms with Gasteiger partial charge < -0.3 is 15.5 Å². The van der Waals surface area contributed by atoms with E-state index in [1.165, 1.54) is 17.8 Å². The molecule has 150 valence electrons. The Balaban J connectivity index is 1.40. The van der Waals surface area contributed by atoms with E-state index in [0.29, 0.717) is 11.8 Å². The van der Waals surface area contributed by atoms with Gasteiger partial charge >= 0.3 is 0 Å². The van der Waals surface area contributed by atoms with Crippen molar-refractivity contribution in [2.75, 3.05) is 26.7 Å². The third-order valence-electron chi connectivity index (χ3n) is 5.51. The summed E-state index contributed by atoms with van der Waals surface area (Å²) in [5.74, 6) is 1.94. The Hall–Kier alpha value is -1.63. The van der Waals surface area contributed by atoms with E-state index in [-0.39, 0.29) is 12.0 Å². The number of thiazole rings is 1. The molecule has 1 saturated carbocycles. The van der Waals surface area contributed by atoms with Gasteiger partial charge in [-0.25, -0.2) is 4.98 Å². The number of amides is 1. The maximum absolute atomic E-state index is 12.6. The lowest BCUT2D eigenvalue weighted by molar-refractivity contribution is -0.134. The van der Waals surface area contributed by atoms with Crippen molar-refractivity contribution >= 4 is 23.2 Å². The number of hydrogen-bond acceptors (Lipinski definition) is 4. The molecule has 1 aliphatic heterocycles. The highest BCUT2D eigenvalue weighted by Gasteiger charge is 2.32. The SMILES string of the molecule is CN=C(NCCc1csc(C(C)C)n1)NC1CCN(C(=O)C2CCCC2)C1. The van der Waals surface area contributed by atoms with Crippen molar-refractivity contribution in [3.05, 3.63) is 16.1 Å². The molecule has 2 aliphatic rings. The van der Waals surface area contributed by atoms with Crippen molar-refractivity contribution in [1.29, 1.82) is 0 Å². The Morgan fingerprint density at radius 1 is 1.37 bits per heavy atom. The van der Waals surface area contributed by atoms with Gasteiger partial charge in [-0.2, -0.15) is 0 Å². The van der Waals surface area contributed by atoms with E-state index in [0.717, 1.165) is 57.0 Å². The third-order valence-corrected chi connectivity index (χ3v) is 6.70. The second-order valence-corrected chi connectivity index (χ2v) is 8.87. The van der Waals surface area contributed by atoms with E-state index in [9.17, 15) is 4.79 Å². The molecule has 2 fully saturated rings. The zero-order valence-corrected chi connectivity index (χ0v) is 17.6. The summed E-state index contributed by atoms with van der Waals surface area (Å²) in [6, 6.07) is 0.286. The van der Waals surface area contributed by atoms with Crippen LogP contribution in [0.2, 0.25) is 0 Å². The van der Waals surface area contributed by atoms with Gasteiger partial charge in [0, 0.05) is 56.4 Å². The molecule has 3 rings (SSSR count). The summed E-state index contributed by atoms with van der Waals surface area (Å²) in [5.41, 5.74) is 1.14. The van der Waals surface area contributed by atoms with Gasteiger partial charge in [-0.15, -0.1) is 11.3 Å². The van der Waals surface area contributed by atoms with E-state index in [1.54, 1.807) is 18.4 Å². The Labute approximate surface area is 166 Å². The first-order valence-electron chi connectivity index (χ1n) is 10.3. The summed E-state index contributed by atoms with van der Waals surface area (Å²) in [4.78, 5) is 23.6. The molecule has 1 aromatic heterocycles. The van der Waals surface area contributed by atoms with Crippen molar-refractivity contribution < 1.29 is 4.79 Å². The van der Waals surface area contributed by atoms with Crippen LogP contribution in [0.5, 0.6) is 0 Å². The molecule has 2 heterocycles. The molecule has 0 bridgehead atoms. The largest absolute Gasteiger partial charge is 0.356 e. The number of rotatable bonds is 6. The minimum atomic E-state index is 0.273. The Morgan fingerprint density at radius 2 is 2.15 bits per heavy atom. The fourth-order valence-corrected chi connectivity index (χ4v) is 4.78. The lowest BCUT2D eigenvalue weighted by Gasteiger charge is -2.21. The summed E-state index contributed by atoms with van der Waals surface area (Å²) < 4.78 is 0. The van der Waals surface area contributed by atoms with Gasteiger partial charge in [-0.1, -0.05) is 26.7 Å². The first-order valence-corrected chi connectivity index (χ1v) is 11.1. The average molecular weight is 392 g/mol. The normalized spacial score (nSPS) is 21.3. The van der Waals surface area contributed by atoms with Crippen LogP contribution < -0.4 is 10.6 Å². The topological polar surface area (TPSA) is 69.6 Å². The van der Waals surface area contributed by atoms with Crippen LogP contribution in [0.25, 0.3) is 0 Å². The summed E-state index contributed by atoms with van der Waals surface area (Å²) in [6.07, 6.45) is 6.45. The molecule has 1 amide bonds. The summed E-state index contributed by atoms with van der Waals surface area (Å²) in [7, 11) is 1.80. The number of nitrogens with zero attached hydrogens (tertiary/aromatic N) is 3. The number of aliphatic imine (C=N–C) groups is 1. The first-order chi connectivity index (χ1) is 13.1.